The number of likely N-dealkylation sites (tertiary alicyclic amines) is 1. The molecule has 1 fully saturated rings. The third kappa shape index (κ3) is 3.96. The zero-order valence-corrected chi connectivity index (χ0v) is 17.7. The number of ether oxygens (including phenoxy) is 2. The van der Waals surface area contributed by atoms with E-state index in [9.17, 15) is 4.79 Å². The van der Waals surface area contributed by atoms with Crippen LogP contribution in [-0.2, 0) is 10.2 Å². The van der Waals surface area contributed by atoms with Gasteiger partial charge in [-0.25, -0.2) is 0 Å². The average Bonchev–Trinajstić information content (AvgIpc) is 3.08. The minimum Gasteiger partial charge on any atom is -0.497 e. The van der Waals surface area contributed by atoms with Crippen LogP contribution in [0.4, 0.5) is 5.69 Å². The van der Waals surface area contributed by atoms with Crippen LogP contribution in [0.15, 0.2) is 42.5 Å². The maximum absolute atomic E-state index is 13.1. The van der Waals surface area contributed by atoms with Crippen LogP contribution in [0.1, 0.15) is 18.4 Å². The number of amides is 1. The summed E-state index contributed by atoms with van der Waals surface area (Å²) in [5.41, 5.74) is 1.96. The van der Waals surface area contributed by atoms with E-state index in [1.165, 1.54) is 0 Å². The van der Waals surface area contributed by atoms with Crippen molar-refractivity contribution >= 4 is 23.2 Å². The number of carbonyl (C=O) groups excluding carboxylic acids is 1. The molecule has 30 heavy (non-hydrogen) atoms. The highest BCUT2D eigenvalue weighted by molar-refractivity contribution is 6.30. The van der Waals surface area contributed by atoms with E-state index < -0.39 is 0 Å². The maximum Gasteiger partial charge on any atom is 0.264 e. The van der Waals surface area contributed by atoms with E-state index in [0.29, 0.717) is 23.9 Å². The highest BCUT2D eigenvalue weighted by atomic mass is 35.5. The van der Waals surface area contributed by atoms with Crippen LogP contribution in [-0.4, -0.2) is 50.7 Å². The molecule has 1 spiro atoms. The molecule has 0 bridgehead atoms. The first-order valence-electron chi connectivity index (χ1n) is 10.0. The second-order valence-electron chi connectivity index (χ2n) is 7.82. The van der Waals surface area contributed by atoms with Gasteiger partial charge in [-0.2, -0.15) is 5.26 Å². The summed E-state index contributed by atoms with van der Waals surface area (Å²) in [6.45, 7) is 2.71. The van der Waals surface area contributed by atoms with Crippen molar-refractivity contribution in [3.05, 3.63) is 53.1 Å². The van der Waals surface area contributed by atoms with Gasteiger partial charge in [0.2, 0.25) is 0 Å². The van der Waals surface area contributed by atoms with Gasteiger partial charge in [0.05, 0.1) is 19.7 Å². The van der Waals surface area contributed by atoms with Crippen LogP contribution in [0.2, 0.25) is 5.02 Å². The number of fused-ring (bicyclic) bond motifs is 2. The molecule has 156 valence electrons. The summed E-state index contributed by atoms with van der Waals surface area (Å²) < 4.78 is 11.2. The van der Waals surface area contributed by atoms with E-state index in [-0.39, 0.29) is 17.9 Å². The third-order valence-electron chi connectivity index (χ3n) is 6.11. The van der Waals surface area contributed by atoms with Crippen LogP contribution in [0.25, 0.3) is 0 Å². The molecular formula is C23H24ClN3O3. The van der Waals surface area contributed by atoms with E-state index in [4.69, 9.17) is 26.3 Å². The number of methoxy groups -OCH3 is 1. The lowest BCUT2D eigenvalue weighted by Gasteiger charge is -2.39. The standard InChI is InChI=1S/C23H24ClN3O3/c1-29-19-6-7-21-20(14-19)23(8-11-26(12-9-23)13-10-25)16-27(21)22(28)15-30-18-4-2-17(24)3-5-18/h2-7,14H,8-9,11-13,15-16H2,1H3. The number of piperidine rings is 1. The van der Waals surface area contributed by atoms with Crippen molar-refractivity contribution in [2.75, 3.05) is 44.8 Å². The largest absolute Gasteiger partial charge is 0.497 e. The topological polar surface area (TPSA) is 65.8 Å². The van der Waals surface area contributed by atoms with E-state index in [2.05, 4.69) is 17.0 Å². The Labute approximate surface area is 181 Å². The number of carbonyl (C=O) groups is 1. The van der Waals surface area contributed by atoms with Gasteiger partial charge in [0.25, 0.3) is 5.91 Å². The van der Waals surface area contributed by atoms with Crippen LogP contribution < -0.4 is 14.4 Å². The Morgan fingerprint density at radius 3 is 2.53 bits per heavy atom. The molecule has 7 heteroatoms. The summed E-state index contributed by atoms with van der Waals surface area (Å²) in [5.74, 6) is 1.33. The molecule has 2 aromatic carbocycles. The molecule has 0 saturated carbocycles. The van der Waals surface area contributed by atoms with Crippen molar-refractivity contribution < 1.29 is 14.3 Å². The van der Waals surface area contributed by atoms with Crippen molar-refractivity contribution in [3.63, 3.8) is 0 Å². The molecule has 2 aliphatic heterocycles. The Morgan fingerprint density at radius 2 is 1.87 bits per heavy atom. The molecule has 0 radical (unpaired) electrons. The molecule has 6 nitrogen and oxygen atoms in total. The van der Waals surface area contributed by atoms with E-state index in [0.717, 1.165) is 42.9 Å². The molecule has 0 unspecified atom stereocenters. The maximum atomic E-state index is 13.1. The number of hydrogen-bond acceptors (Lipinski definition) is 5. The molecule has 2 heterocycles. The van der Waals surface area contributed by atoms with Crippen LogP contribution in [0.5, 0.6) is 11.5 Å². The minimum absolute atomic E-state index is 0.0380. The number of anilines is 1. The van der Waals surface area contributed by atoms with Crippen LogP contribution in [0, 0.1) is 11.3 Å². The number of halogens is 1. The lowest BCUT2D eigenvalue weighted by molar-refractivity contribution is -0.120. The van der Waals surface area contributed by atoms with Crippen molar-refractivity contribution in [2.24, 2.45) is 0 Å². The van der Waals surface area contributed by atoms with Gasteiger partial charge in [-0.15, -0.1) is 0 Å². The highest BCUT2D eigenvalue weighted by Crippen LogP contribution is 2.48. The second kappa shape index (κ2) is 8.55. The fraction of sp³-hybridized carbons (Fsp3) is 0.391. The van der Waals surface area contributed by atoms with Gasteiger partial charge in [0.1, 0.15) is 11.5 Å². The summed E-state index contributed by atoms with van der Waals surface area (Å²) in [6.07, 6.45) is 1.80. The Balaban J connectivity index is 1.54. The van der Waals surface area contributed by atoms with Gasteiger partial charge in [-0.1, -0.05) is 11.6 Å². The van der Waals surface area contributed by atoms with Crippen molar-refractivity contribution in [1.29, 1.82) is 5.26 Å². The van der Waals surface area contributed by atoms with E-state index >= 15 is 0 Å². The van der Waals surface area contributed by atoms with Gasteiger partial charge in [0.15, 0.2) is 6.61 Å². The Kier molecular flexibility index (Phi) is 5.85. The molecule has 0 aromatic heterocycles. The van der Waals surface area contributed by atoms with Crippen molar-refractivity contribution in [3.8, 4) is 17.6 Å². The summed E-state index contributed by atoms with van der Waals surface area (Å²) in [6, 6.07) is 15.1. The molecule has 0 atom stereocenters. The molecule has 1 amide bonds. The average molecular weight is 426 g/mol. The lowest BCUT2D eigenvalue weighted by atomic mass is 9.74. The SMILES string of the molecule is COc1ccc2c(c1)C1(CCN(CC#N)CC1)CN2C(=O)COc1ccc(Cl)cc1. The van der Waals surface area contributed by atoms with Gasteiger partial charge < -0.3 is 14.4 Å². The molecular weight excluding hydrogens is 402 g/mol. The Bertz CT molecular complexity index is 963. The number of nitrogens with zero attached hydrogens (tertiary/aromatic N) is 3. The van der Waals surface area contributed by atoms with Crippen molar-refractivity contribution in [1.82, 2.24) is 4.90 Å². The van der Waals surface area contributed by atoms with Crippen LogP contribution in [0.3, 0.4) is 0 Å². The molecule has 1 saturated heterocycles. The molecule has 0 aliphatic carbocycles. The number of benzene rings is 2. The zero-order chi connectivity index (χ0) is 21.1. The summed E-state index contributed by atoms with van der Waals surface area (Å²) in [7, 11) is 1.65. The lowest BCUT2D eigenvalue weighted by Crippen LogP contribution is -2.46. The van der Waals surface area contributed by atoms with Gasteiger partial charge in [-0.05, 0) is 60.9 Å². The molecule has 2 aliphatic rings. The fourth-order valence-electron chi connectivity index (χ4n) is 4.42. The number of rotatable bonds is 5. The molecule has 4 rings (SSSR count). The van der Waals surface area contributed by atoms with Crippen LogP contribution >= 0.6 is 11.6 Å². The zero-order valence-electron chi connectivity index (χ0n) is 16.9. The number of nitriles is 1. The molecule has 0 N–H and O–H groups in total. The van der Waals surface area contributed by atoms with Gasteiger partial charge >= 0.3 is 0 Å². The second-order valence-corrected chi connectivity index (χ2v) is 8.26. The summed E-state index contributed by atoms with van der Waals surface area (Å²) in [5, 5.41) is 9.63. The van der Waals surface area contributed by atoms with Crippen molar-refractivity contribution in [2.45, 2.75) is 18.3 Å². The van der Waals surface area contributed by atoms with Gasteiger partial charge in [-0.3, -0.25) is 9.69 Å². The quantitative estimate of drug-likeness (QED) is 0.684. The van der Waals surface area contributed by atoms with Gasteiger partial charge in [0, 0.05) is 35.8 Å². The number of hydrogen-bond donors (Lipinski definition) is 0. The van der Waals surface area contributed by atoms with E-state index in [1.54, 1.807) is 31.4 Å². The first kappa shape index (κ1) is 20.5. The minimum atomic E-state index is -0.119. The predicted octanol–water partition coefficient (Wildman–Crippen LogP) is 3.63. The first-order chi connectivity index (χ1) is 14.5. The monoisotopic (exact) mass is 425 g/mol. The highest BCUT2D eigenvalue weighted by Gasteiger charge is 2.46. The molecule has 2 aromatic rings. The first-order valence-corrected chi connectivity index (χ1v) is 10.4. The Morgan fingerprint density at radius 1 is 1.17 bits per heavy atom. The fourth-order valence-corrected chi connectivity index (χ4v) is 4.54. The smallest absolute Gasteiger partial charge is 0.264 e. The normalized spacial score (nSPS) is 17.4. The third-order valence-corrected chi connectivity index (χ3v) is 6.36. The predicted molar refractivity (Wildman–Crippen MR) is 115 cm³/mol. The summed E-state index contributed by atoms with van der Waals surface area (Å²) >= 11 is 5.91. The van der Waals surface area contributed by atoms with E-state index in [1.807, 2.05) is 17.0 Å². The Hall–Kier alpha value is -2.75. The summed E-state index contributed by atoms with van der Waals surface area (Å²) in [4.78, 5) is 17.1.